The number of hydrogen-bond acceptors (Lipinski definition) is 4. The van der Waals surface area contributed by atoms with E-state index in [0.717, 1.165) is 12.1 Å². The van der Waals surface area contributed by atoms with Crippen molar-refractivity contribution in [2.24, 2.45) is 10.2 Å². The third kappa shape index (κ3) is 3.33. The molecule has 0 saturated carbocycles. The predicted molar refractivity (Wildman–Crippen MR) is 86.6 cm³/mol. The first-order valence-electron chi connectivity index (χ1n) is 7.56. The molecule has 0 spiro atoms. The Balaban J connectivity index is 2.07. The first kappa shape index (κ1) is 16.9. The van der Waals surface area contributed by atoms with Gasteiger partial charge < -0.3 is 5.11 Å². The zero-order chi connectivity index (χ0) is 18.2. The lowest BCUT2D eigenvalue weighted by atomic mass is 10.1. The molecule has 0 atom stereocenters. The first-order valence-corrected chi connectivity index (χ1v) is 7.56. The summed E-state index contributed by atoms with van der Waals surface area (Å²) in [5.74, 6) is 0.359. The van der Waals surface area contributed by atoms with Crippen LogP contribution in [0.25, 0.3) is 5.65 Å². The number of nitrogens with zero attached hydrogens (tertiary/aromatic N) is 4. The molecule has 3 aromatic rings. The molecule has 0 bridgehead atoms. The van der Waals surface area contributed by atoms with Crippen LogP contribution in [-0.2, 0) is 6.18 Å². The Labute approximate surface area is 141 Å². The summed E-state index contributed by atoms with van der Waals surface area (Å²) in [4.78, 5) is 4.36. The highest BCUT2D eigenvalue weighted by molar-refractivity contribution is 5.60. The van der Waals surface area contributed by atoms with Crippen molar-refractivity contribution in [1.82, 2.24) is 9.38 Å². The SMILES string of the molecule is CC(C)c1nc2c(O)cccn2c1N=Nc1cccc(C(F)(F)F)c1. The van der Waals surface area contributed by atoms with Gasteiger partial charge in [-0.15, -0.1) is 10.2 Å². The number of aromatic hydroxyl groups is 1. The topological polar surface area (TPSA) is 62.2 Å². The zero-order valence-electron chi connectivity index (χ0n) is 13.5. The Morgan fingerprint density at radius 1 is 1.12 bits per heavy atom. The van der Waals surface area contributed by atoms with Gasteiger partial charge in [0.2, 0.25) is 0 Å². The number of pyridine rings is 1. The molecule has 0 aliphatic heterocycles. The summed E-state index contributed by atoms with van der Waals surface area (Å²) in [5, 5.41) is 17.9. The number of rotatable bonds is 3. The van der Waals surface area contributed by atoms with Crippen molar-refractivity contribution in [2.75, 3.05) is 0 Å². The molecule has 2 aromatic heterocycles. The molecule has 0 aliphatic rings. The number of aromatic nitrogens is 2. The minimum Gasteiger partial charge on any atom is -0.504 e. The second-order valence-corrected chi connectivity index (χ2v) is 5.81. The fourth-order valence-corrected chi connectivity index (χ4v) is 2.39. The molecule has 130 valence electrons. The van der Waals surface area contributed by atoms with Crippen LogP contribution in [0.15, 0.2) is 52.8 Å². The van der Waals surface area contributed by atoms with E-state index in [2.05, 4.69) is 15.2 Å². The van der Waals surface area contributed by atoms with Gasteiger partial charge in [0.25, 0.3) is 0 Å². The number of halogens is 3. The number of fused-ring (bicyclic) bond motifs is 1. The molecule has 8 heteroatoms. The highest BCUT2D eigenvalue weighted by Gasteiger charge is 2.30. The molecule has 0 saturated heterocycles. The van der Waals surface area contributed by atoms with Crippen LogP contribution in [-0.4, -0.2) is 14.5 Å². The minimum atomic E-state index is -4.44. The van der Waals surface area contributed by atoms with Gasteiger partial charge in [0, 0.05) is 6.20 Å². The molecule has 1 N–H and O–H groups in total. The standard InChI is InChI=1S/C17H15F3N4O/c1-10(2)14-16(24-8-4-7-13(25)15(24)21-14)23-22-12-6-3-5-11(9-12)17(18,19)20/h3-10,25H,1-2H3. The number of imidazole rings is 1. The second kappa shape index (κ2) is 6.19. The summed E-state index contributed by atoms with van der Waals surface area (Å²) < 4.78 is 39.9. The van der Waals surface area contributed by atoms with Gasteiger partial charge in [-0.1, -0.05) is 19.9 Å². The smallest absolute Gasteiger partial charge is 0.416 e. The molecule has 5 nitrogen and oxygen atoms in total. The molecule has 3 rings (SSSR count). The van der Waals surface area contributed by atoms with Crippen LogP contribution in [0, 0.1) is 0 Å². The third-order valence-corrected chi connectivity index (χ3v) is 3.61. The fourth-order valence-electron chi connectivity index (χ4n) is 2.39. The number of hydrogen-bond donors (Lipinski definition) is 1. The normalized spacial score (nSPS) is 12.6. The number of azo groups is 1. The van der Waals surface area contributed by atoms with E-state index in [1.165, 1.54) is 18.2 Å². The highest BCUT2D eigenvalue weighted by Crippen LogP contribution is 2.34. The third-order valence-electron chi connectivity index (χ3n) is 3.61. The molecule has 0 unspecified atom stereocenters. The van der Waals surface area contributed by atoms with Crippen LogP contribution >= 0.6 is 0 Å². The quantitative estimate of drug-likeness (QED) is 0.627. The van der Waals surface area contributed by atoms with Crippen molar-refractivity contribution in [3.8, 4) is 5.75 Å². The van der Waals surface area contributed by atoms with Crippen LogP contribution in [0.3, 0.4) is 0 Å². The van der Waals surface area contributed by atoms with Crippen LogP contribution in [0.5, 0.6) is 5.75 Å². The molecule has 0 amide bonds. The van der Waals surface area contributed by atoms with Gasteiger partial charge in [0.05, 0.1) is 16.9 Å². The van der Waals surface area contributed by atoms with Gasteiger partial charge in [0.1, 0.15) is 0 Å². The molecule has 1 aromatic carbocycles. The Morgan fingerprint density at radius 2 is 1.88 bits per heavy atom. The van der Waals surface area contributed by atoms with E-state index in [-0.39, 0.29) is 17.4 Å². The predicted octanol–water partition coefficient (Wildman–Crippen LogP) is 5.60. The highest BCUT2D eigenvalue weighted by atomic mass is 19.4. The van der Waals surface area contributed by atoms with Gasteiger partial charge in [-0.2, -0.15) is 13.2 Å². The number of alkyl halides is 3. The summed E-state index contributed by atoms with van der Waals surface area (Å²) in [6.07, 6.45) is -2.78. The van der Waals surface area contributed by atoms with E-state index in [9.17, 15) is 18.3 Å². The maximum atomic E-state index is 12.8. The average Bonchev–Trinajstić information content (AvgIpc) is 2.93. The Morgan fingerprint density at radius 3 is 2.56 bits per heavy atom. The van der Waals surface area contributed by atoms with Crippen molar-refractivity contribution >= 4 is 17.2 Å². The Hall–Kier alpha value is -2.90. The van der Waals surface area contributed by atoms with Gasteiger partial charge in [-0.3, -0.25) is 4.40 Å². The molecular formula is C17H15F3N4O. The van der Waals surface area contributed by atoms with Crippen molar-refractivity contribution in [1.29, 1.82) is 0 Å². The summed E-state index contributed by atoms with van der Waals surface area (Å²) in [7, 11) is 0. The summed E-state index contributed by atoms with van der Waals surface area (Å²) in [6.45, 7) is 3.81. The monoisotopic (exact) mass is 348 g/mol. The first-order chi connectivity index (χ1) is 11.8. The minimum absolute atomic E-state index is 0.00485. The molecular weight excluding hydrogens is 333 g/mol. The average molecular weight is 348 g/mol. The lowest BCUT2D eigenvalue weighted by Gasteiger charge is -2.06. The summed E-state index contributed by atoms with van der Waals surface area (Å²) in [5.41, 5.74) is 0.213. The van der Waals surface area contributed by atoms with Crippen molar-refractivity contribution in [3.63, 3.8) is 0 Å². The van der Waals surface area contributed by atoms with Crippen LogP contribution < -0.4 is 0 Å². The molecule has 25 heavy (non-hydrogen) atoms. The maximum Gasteiger partial charge on any atom is 0.416 e. The van der Waals surface area contributed by atoms with E-state index < -0.39 is 11.7 Å². The second-order valence-electron chi connectivity index (χ2n) is 5.81. The van der Waals surface area contributed by atoms with Gasteiger partial charge >= 0.3 is 6.18 Å². The van der Waals surface area contributed by atoms with Crippen LogP contribution in [0.1, 0.15) is 31.0 Å². The van der Waals surface area contributed by atoms with E-state index >= 15 is 0 Å². The fraction of sp³-hybridized carbons (Fsp3) is 0.235. The van der Waals surface area contributed by atoms with Gasteiger partial charge in [-0.25, -0.2) is 4.98 Å². The van der Waals surface area contributed by atoms with Gasteiger partial charge in [0.15, 0.2) is 17.2 Å². The molecule has 0 radical (unpaired) electrons. The summed E-state index contributed by atoms with van der Waals surface area (Å²) >= 11 is 0. The van der Waals surface area contributed by atoms with E-state index in [4.69, 9.17) is 0 Å². The van der Waals surface area contributed by atoms with E-state index in [0.29, 0.717) is 17.2 Å². The largest absolute Gasteiger partial charge is 0.504 e. The Bertz CT molecular complexity index is 945. The molecule has 0 fully saturated rings. The zero-order valence-corrected chi connectivity index (χ0v) is 13.5. The van der Waals surface area contributed by atoms with Crippen molar-refractivity contribution < 1.29 is 18.3 Å². The molecule has 0 aliphatic carbocycles. The van der Waals surface area contributed by atoms with Gasteiger partial charge in [-0.05, 0) is 36.2 Å². The number of benzene rings is 1. The van der Waals surface area contributed by atoms with Crippen LogP contribution in [0.2, 0.25) is 0 Å². The molecule has 2 heterocycles. The van der Waals surface area contributed by atoms with E-state index in [1.807, 2.05) is 13.8 Å². The maximum absolute atomic E-state index is 12.8. The Kier molecular flexibility index (Phi) is 4.20. The van der Waals surface area contributed by atoms with Crippen LogP contribution in [0.4, 0.5) is 24.7 Å². The lowest BCUT2D eigenvalue weighted by molar-refractivity contribution is -0.137. The lowest BCUT2D eigenvalue weighted by Crippen LogP contribution is -2.03. The van der Waals surface area contributed by atoms with E-state index in [1.54, 1.807) is 16.7 Å². The van der Waals surface area contributed by atoms with Crippen molar-refractivity contribution in [2.45, 2.75) is 25.9 Å². The van der Waals surface area contributed by atoms with Crippen molar-refractivity contribution in [3.05, 3.63) is 53.9 Å². The summed E-state index contributed by atoms with van der Waals surface area (Å²) in [6, 6.07) is 7.75.